The van der Waals surface area contributed by atoms with Crippen LogP contribution >= 0.6 is 0 Å². The van der Waals surface area contributed by atoms with E-state index in [1.54, 1.807) is 12.1 Å². The van der Waals surface area contributed by atoms with E-state index in [9.17, 15) is 66.3 Å². The molecule has 19 nitrogen and oxygen atoms in total. The molecular formula is C53H64N3NaO16S4+2. The van der Waals surface area contributed by atoms with Crippen molar-refractivity contribution in [2.75, 3.05) is 29.5 Å². The predicted octanol–water partition coefficient (Wildman–Crippen LogP) is 5.02. The summed E-state index contributed by atoms with van der Waals surface area (Å²) in [4.78, 5) is 42.9. The summed E-state index contributed by atoms with van der Waals surface area (Å²) in [6.07, 6.45) is 12.4. The fourth-order valence-electron chi connectivity index (χ4n) is 10.5. The monoisotopic (exact) mass is 1150 g/mol. The summed E-state index contributed by atoms with van der Waals surface area (Å²) in [5, 5.41) is 0.532. The van der Waals surface area contributed by atoms with Gasteiger partial charge in [0.1, 0.15) is 6.54 Å². The fraction of sp³-hybridized carbons (Fsp3) is 0.434. The van der Waals surface area contributed by atoms with E-state index in [1.165, 1.54) is 24.3 Å². The Kier molecular flexibility index (Phi) is 19.5. The van der Waals surface area contributed by atoms with E-state index in [-0.39, 0.29) is 78.0 Å². The zero-order chi connectivity index (χ0) is 55.6. The minimum Gasteiger partial charge on any atom is -0.344 e. The first kappa shape index (κ1) is 61.6. The number of benzene rings is 3. The number of anilines is 1. The third-order valence-corrected chi connectivity index (χ3v) is 17.6. The molecule has 410 valence electrons. The van der Waals surface area contributed by atoms with Gasteiger partial charge in [0.05, 0.1) is 26.7 Å². The van der Waals surface area contributed by atoms with Gasteiger partial charge in [0.15, 0.2) is 5.71 Å². The molecule has 7 rings (SSSR count). The van der Waals surface area contributed by atoms with Gasteiger partial charge in [-0.2, -0.15) is 38.2 Å². The Bertz CT molecular complexity index is 3450. The molecule has 0 radical (unpaired) electrons. The Morgan fingerprint density at radius 3 is 1.97 bits per heavy atom. The molecule has 24 heteroatoms. The zero-order valence-corrected chi connectivity index (χ0v) is 49.0. The summed E-state index contributed by atoms with van der Waals surface area (Å²) in [6, 6.07) is 16.7. The fourth-order valence-corrected chi connectivity index (χ4v) is 12.7. The third-order valence-electron chi connectivity index (χ3n) is 14.3. The van der Waals surface area contributed by atoms with Gasteiger partial charge in [0.25, 0.3) is 52.3 Å². The maximum atomic E-state index is 12.6. The molecule has 3 heterocycles. The van der Waals surface area contributed by atoms with Crippen LogP contribution in [-0.4, -0.2) is 110 Å². The molecule has 3 aromatic carbocycles. The van der Waals surface area contributed by atoms with Gasteiger partial charge < -0.3 is 9.74 Å². The Balaban J connectivity index is 0.00000961. The zero-order valence-electron chi connectivity index (χ0n) is 43.8. The van der Waals surface area contributed by atoms with Crippen molar-refractivity contribution in [2.45, 2.75) is 132 Å². The van der Waals surface area contributed by atoms with Crippen molar-refractivity contribution >= 4 is 80.9 Å². The van der Waals surface area contributed by atoms with E-state index >= 15 is 0 Å². The van der Waals surface area contributed by atoms with E-state index in [1.807, 2.05) is 79.7 Å². The molecule has 77 heavy (non-hydrogen) atoms. The van der Waals surface area contributed by atoms with Crippen LogP contribution in [0.5, 0.6) is 0 Å². The van der Waals surface area contributed by atoms with Gasteiger partial charge in [0, 0.05) is 66.7 Å². The standard InChI is InChI=1S/C53H63N3O16S4.Na/c1-52(2)42-23-21-41(76(69,70)71)35-45(42)55(30-8-10-32-74(63,64)65)46(52)25-19-37-15-12-16-38(51(37)39-17-11-14-36(33-39)13-5-6-18-50(59)72-56-48(57)27-28-49(56)58)20-26-47-53(3,4)43-34-40(75(66,67)68)22-24-44(43)54(47)29-7-9-31-73(60,61)62;/h11,14,17,19-26,33-35H,5-10,12-13,15-16,18,27-32H2,1-4H3,(H3-,60,61,62,63,64,65,66,67,68,69,70,71);/q;+1/p+1. The number of imide groups is 1. The molecule has 0 spiro atoms. The average molecular weight is 1150 g/mol. The van der Waals surface area contributed by atoms with Crippen molar-refractivity contribution in [1.82, 2.24) is 5.06 Å². The van der Waals surface area contributed by atoms with Crippen LogP contribution < -0.4 is 34.5 Å². The molecule has 3 aliphatic heterocycles. The minimum absolute atomic E-state index is 0. The maximum Gasteiger partial charge on any atom is 1.00 e. The van der Waals surface area contributed by atoms with Gasteiger partial charge in [-0.05, 0) is 135 Å². The van der Waals surface area contributed by atoms with Crippen LogP contribution in [0.2, 0.25) is 0 Å². The molecule has 3 aromatic rings. The molecule has 4 N–H and O–H groups in total. The molecule has 2 amide bonds. The Hall–Kier alpha value is -4.66. The van der Waals surface area contributed by atoms with Crippen LogP contribution in [-0.2, 0) is 76.9 Å². The number of nitrogens with zero attached hydrogens (tertiary/aromatic N) is 3. The summed E-state index contributed by atoms with van der Waals surface area (Å²) < 4.78 is 137. The van der Waals surface area contributed by atoms with Crippen LogP contribution in [0, 0.1) is 0 Å². The van der Waals surface area contributed by atoms with Gasteiger partial charge in [-0.1, -0.05) is 56.3 Å². The molecule has 0 bridgehead atoms. The number of amides is 2. The summed E-state index contributed by atoms with van der Waals surface area (Å²) in [6.45, 7) is 8.37. The van der Waals surface area contributed by atoms with E-state index < -0.39 is 80.6 Å². The molecule has 0 atom stereocenters. The SMILES string of the molecule is CC1(C)C(/C=C/C2=C(c3cccc(CCCCC(=O)ON4C(=O)CCC4=O)c3)C(=C/C=C3/N(CCCCS(=O)(=O)O)c4cc(S(=O)(=O)O)ccc4C3(C)C)/CCC2)=[N+](CCCCS(=O)(=O)O)c2ccc(S(=O)(=O)O)cc21.[Na+]. The average Bonchev–Trinajstić information content (AvgIpc) is 3.84. The smallest absolute Gasteiger partial charge is 0.344 e. The van der Waals surface area contributed by atoms with Gasteiger partial charge in [-0.15, -0.1) is 5.06 Å². The molecule has 4 aliphatic rings. The van der Waals surface area contributed by atoms with Crippen molar-refractivity contribution in [1.29, 1.82) is 0 Å². The predicted molar refractivity (Wildman–Crippen MR) is 284 cm³/mol. The van der Waals surface area contributed by atoms with Crippen LogP contribution in [0.3, 0.4) is 0 Å². The minimum atomic E-state index is -4.60. The second kappa shape index (κ2) is 24.4. The van der Waals surface area contributed by atoms with Crippen LogP contribution in [0.15, 0.2) is 112 Å². The number of unbranched alkanes of at least 4 members (excludes halogenated alkanes) is 3. The van der Waals surface area contributed by atoms with E-state index in [0.29, 0.717) is 73.5 Å². The van der Waals surface area contributed by atoms with E-state index in [0.717, 1.165) is 51.2 Å². The van der Waals surface area contributed by atoms with Crippen LogP contribution in [0.25, 0.3) is 5.57 Å². The maximum absolute atomic E-state index is 12.6. The summed E-state index contributed by atoms with van der Waals surface area (Å²) in [7, 11) is -17.6. The first-order valence-corrected chi connectivity index (χ1v) is 31.1. The number of carbonyl (C=O) groups is 3. The van der Waals surface area contributed by atoms with Crippen molar-refractivity contribution in [2.24, 2.45) is 0 Å². The second-order valence-corrected chi connectivity index (χ2v) is 26.5. The number of aryl methyl sites for hydroxylation is 1. The van der Waals surface area contributed by atoms with Crippen molar-refractivity contribution in [3.63, 3.8) is 0 Å². The van der Waals surface area contributed by atoms with Gasteiger partial charge in [-0.3, -0.25) is 27.8 Å². The summed E-state index contributed by atoms with van der Waals surface area (Å²) >= 11 is 0. The number of carbonyl (C=O) groups excluding carboxylic acids is 3. The molecule has 1 saturated heterocycles. The van der Waals surface area contributed by atoms with Gasteiger partial charge in [0.2, 0.25) is 5.69 Å². The first-order valence-electron chi connectivity index (χ1n) is 25.0. The summed E-state index contributed by atoms with van der Waals surface area (Å²) in [5.74, 6) is -2.71. The molecular weight excluding hydrogens is 1090 g/mol. The number of hydrogen-bond acceptors (Lipinski definition) is 13. The second-order valence-electron chi connectivity index (χ2n) is 20.5. The quantitative estimate of drug-likeness (QED) is 0.0338. The van der Waals surface area contributed by atoms with Crippen molar-refractivity contribution in [3.8, 4) is 0 Å². The number of rotatable bonds is 22. The molecule has 0 aromatic heterocycles. The molecule has 1 fully saturated rings. The Morgan fingerprint density at radius 1 is 0.688 bits per heavy atom. The number of allylic oxidation sites excluding steroid dienone is 8. The van der Waals surface area contributed by atoms with Crippen molar-refractivity contribution in [3.05, 3.63) is 124 Å². The molecule has 1 aliphatic carbocycles. The van der Waals surface area contributed by atoms with Gasteiger partial charge >= 0.3 is 35.5 Å². The summed E-state index contributed by atoms with van der Waals surface area (Å²) in [5.41, 5.74) is 7.17. The topological polar surface area (TPSA) is 287 Å². The number of fused-ring (bicyclic) bond motifs is 2. The van der Waals surface area contributed by atoms with E-state index in [4.69, 9.17) is 4.84 Å². The normalized spacial score (nSPS) is 18.7. The molecule has 0 saturated carbocycles. The molecule has 0 unspecified atom stereocenters. The van der Waals surface area contributed by atoms with Crippen molar-refractivity contribution < 1.29 is 105 Å². The first-order chi connectivity index (χ1) is 35.5. The van der Waals surface area contributed by atoms with Crippen LogP contribution in [0.4, 0.5) is 11.4 Å². The van der Waals surface area contributed by atoms with E-state index in [2.05, 4.69) is 6.07 Å². The van der Waals surface area contributed by atoms with Gasteiger partial charge in [-0.25, -0.2) is 4.79 Å². The van der Waals surface area contributed by atoms with Crippen LogP contribution in [0.1, 0.15) is 127 Å². The number of hydrogen-bond donors (Lipinski definition) is 4. The Morgan fingerprint density at radius 2 is 1.32 bits per heavy atom. The largest absolute Gasteiger partial charge is 1.00 e. The number of hydroxylamine groups is 2. The third kappa shape index (κ3) is 15.0. The Labute approximate surface area is 473 Å².